The average Bonchev–Trinajstić information content (AvgIpc) is 2.24. The van der Waals surface area contributed by atoms with E-state index in [1.54, 1.807) is 0 Å². The summed E-state index contributed by atoms with van der Waals surface area (Å²) in [6.07, 6.45) is 14.2. The molecule has 1 saturated heterocycles. The van der Waals surface area contributed by atoms with Gasteiger partial charge in [0.25, 0.3) is 0 Å². The smallest absolute Gasteiger partial charge is 0.00487 e. The minimum Gasteiger partial charge on any atom is -0.317 e. The Bertz CT molecular complexity index is 147. The second-order valence-electron chi connectivity index (χ2n) is 6.24. The van der Waals surface area contributed by atoms with Gasteiger partial charge in [-0.25, -0.2) is 0 Å². The lowest BCUT2D eigenvalue weighted by molar-refractivity contribution is 0.283. The zero-order valence-electron chi connectivity index (χ0n) is 11.5. The van der Waals surface area contributed by atoms with Gasteiger partial charge in [-0.05, 0) is 44.2 Å². The van der Waals surface area contributed by atoms with E-state index in [-0.39, 0.29) is 0 Å². The Labute approximate surface area is 102 Å². The molecule has 1 N–H and O–H groups in total. The largest absolute Gasteiger partial charge is 0.317 e. The van der Waals surface area contributed by atoms with E-state index in [4.69, 9.17) is 0 Å². The van der Waals surface area contributed by atoms with Crippen molar-refractivity contribution in [2.24, 2.45) is 5.41 Å². The van der Waals surface area contributed by atoms with Crippen LogP contribution in [0.1, 0.15) is 78.1 Å². The Morgan fingerprint density at radius 3 is 1.88 bits per heavy atom. The van der Waals surface area contributed by atoms with E-state index >= 15 is 0 Å². The molecule has 1 heterocycles. The Hall–Kier alpha value is -0.0400. The van der Waals surface area contributed by atoms with Crippen LogP contribution in [0.5, 0.6) is 0 Å². The molecule has 0 aromatic carbocycles. The van der Waals surface area contributed by atoms with E-state index in [2.05, 4.69) is 19.2 Å². The molecule has 0 spiro atoms. The van der Waals surface area contributed by atoms with E-state index < -0.39 is 0 Å². The summed E-state index contributed by atoms with van der Waals surface area (Å²) in [7, 11) is 0. The normalized spacial score (nSPS) is 25.9. The predicted octanol–water partition coefficient (Wildman–Crippen LogP) is 4.52. The van der Waals surface area contributed by atoms with Crippen LogP contribution < -0.4 is 5.32 Å². The van der Waals surface area contributed by atoms with Crippen LogP contribution in [-0.2, 0) is 0 Å². The molecule has 0 atom stereocenters. The fraction of sp³-hybridized carbons (Fsp3) is 1.00. The lowest BCUT2D eigenvalue weighted by Crippen LogP contribution is -2.20. The molecule has 96 valence electrons. The monoisotopic (exact) mass is 225 g/mol. The molecular formula is C15H31N. The van der Waals surface area contributed by atoms with Crippen molar-refractivity contribution in [2.45, 2.75) is 78.1 Å². The van der Waals surface area contributed by atoms with Crippen LogP contribution in [-0.4, -0.2) is 13.1 Å². The fourth-order valence-electron chi connectivity index (χ4n) is 2.68. The van der Waals surface area contributed by atoms with Crippen LogP contribution in [0, 0.1) is 5.41 Å². The number of rotatable bonds is 0. The summed E-state index contributed by atoms with van der Waals surface area (Å²) >= 11 is 0. The average molecular weight is 225 g/mol. The third-order valence-electron chi connectivity index (χ3n) is 3.91. The van der Waals surface area contributed by atoms with Crippen molar-refractivity contribution >= 4 is 0 Å². The SMILES string of the molecule is CC1(C)CCCCCCCCCNCCC1. The summed E-state index contributed by atoms with van der Waals surface area (Å²) in [4.78, 5) is 0. The highest BCUT2D eigenvalue weighted by atomic mass is 14.8. The van der Waals surface area contributed by atoms with Gasteiger partial charge >= 0.3 is 0 Å². The van der Waals surface area contributed by atoms with Crippen LogP contribution in [0.25, 0.3) is 0 Å². The molecular weight excluding hydrogens is 194 g/mol. The van der Waals surface area contributed by atoms with Gasteiger partial charge in [-0.1, -0.05) is 52.4 Å². The predicted molar refractivity (Wildman–Crippen MR) is 72.8 cm³/mol. The van der Waals surface area contributed by atoms with Crippen molar-refractivity contribution in [3.05, 3.63) is 0 Å². The van der Waals surface area contributed by atoms with Crippen LogP contribution >= 0.6 is 0 Å². The summed E-state index contributed by atoms with van der Waals surface area (Å²) in [5, 5.41) is 3.58. The van der Waals surface area contributed by atoms with Gasteiger partial charge in [-0.3, -0.25) is 0 Å². The maximum atomic E-state index is 3.58. The van der Waals surface area contributed by atoms with E-state index in [9.17, 15) is 0 Å². The molecule has 1 rings (SSSR count). The van der Waals surface area contributed by atoms with Crippen molar-refractivity contribution in [3.63, 3.8) is 0 Å². The van der Waals surface area contributed by atoms with Gasteiger partial charge in [0, 0.05) is 0 Å². The molecule has 1 fully saturated rings. The van der Waals surface area contributed by atoms with Gasteiger partial charge in [-0.15, -0.1) is 0 Å². The minimum absolute atomic E-state index is 0.575. The summed E-state index contributed by atoms with van der Waals surface area (Å²) in [6.45, 7) is 7.35. The zero-order chi connectivity index (χ0) is 11.7. The first-order valence-electron chi connectivity index (χ1n) is 7.41. The van der Waals surface area contributed by atoms with E-state index in [1.165, 1.54) is 77.3 Å². The van der Waals surface area contributed by atoms with Gasteiger partial charge in [0.15, 0.2) is 0 Å². The standard InChI is InChI=1S/C15H31N/c1-15(2)11-8-6-4-3-5-7-9-13-16-14-10-12-15/h16H,3-14H2,1-2H3. The number of hydrogen-bond acceptors (Lipinski definition) is 1. The Balaban J connectivity index is 2.22. The summed E-state index contributed by atoms with van der Waals surface area (Å²) in [5.41, 5.74) is 0.575. The van der Waals surface area contributed by atoms with Crippen molar-refractivity contribution in [1.82, 2.24) is 5.32 Å². The molecule has 1 aliphatic rings. The molecule has 1 aliphatic heterocycles. The van der Waals surface area contributed by atoms with Crippen LogP contribution in [0.3, 0.4) is 0 Å². The van der Waals surface area contributed by atoms with Gasteiger partial charge in [0.2, 0.25) is 0 Å². The second kappa shape index (κ2) is 8.11. The lowest BCUT2D eigenvalue weighted by atomic mass is 9.82. The molecule has 16 heavy (non-hydrogen) atoms. The highest BCUT2D eigenvalue weighted by Crippen LogP contribution is 2.29. The van der Waals surface area contributed by atoms with Crippen molar-refractivity contribution in [3.8, 4) is 0 Å². The molecule has 0 unspecified atom stereocenters. The van der Waals surface area contributed by atoms with E-state index in [0.29, 0.717) is 5.41 Å². The van der Waals surface area contributed by atoms with E-state index in [1.807, 2.05) is 0 Å². The Morgan fingerprint density at radius 1 is 0.625 bits per heavy atom. The van der Waals surface area contributed by atoms with Gasteiger partial charge < -0.3 is 5.32 Å². The maximum absolute atomic E-state index is 3.58. The molecule has 0 aromatic rings. The molecule has 0 amide bonds. The molecule has 1 heteroatoms. The van der Waals surface area contributed by atoms with E-state index in [0.717, 1.165) is 0 Å². The first kappa shape index (κ1) is 14.0. The molecule has 0 aromatic heterocycles. The van der Waals surface area contributed by atoms with Crippen LogP contribution in [0.15, 0.2) is 0 Å². The Kier molecular flexibility index (Phi) is 7.11. The quantitative estimate of drug-likeness (QED) is 0.639. The molecule has 0 aliphatic carbocycles. The van der Waals surface area contributed by atoms with Crippen molar-refractivity contribution < 1.29 is 0 Å². The summed E-state index contributed by atoms with van der Waals surface area (Å²) in [5.74, 6) is 0. The zero-order valence-corrected chi connectivity index (χ0v) is 11.5. The Morgan fingerprint density at radius 2 is 1.12 bits per heavy atom. The molecule has 0 saturated carbocycles. The summed E-state index contributed by atoms with van der Waals surface area (Å²) in [6, 6.07) is 0. The molecule has 0 radical (unpaired) electrons. The first-order chi connectivity index (χ1) is 7.71. The van der Waals surface area contributed by atoms with Gasteiger partial charge in [0.1, 0.15) is 0 Å². The van der Waals surface area contributed by atoms with Crippen LogP contribution in [0.4, 0.5) is 0 Å². The highest BCUT2D eigenvalue weighted by molar-refractivity contribution is 4.69. The molecule has 1 nitrogen and oxygen atoms in total. The number of hydrogen-bond donors (Lipinski definition) is 1. The second-order valence-corrected chi connectivity index (χ2v) is 6.24. The minimum atomic E-state index is 0.575. The third kappa shape index (κ3) is 7.27. The first-order valence-corrected chi connectivity index (χ1v) is 7.41. The van der Waals surface area contributed by atoms with Crippen molar-refractivity contribution in [1.29, 1.82) is 0 Å². The van der Waals surface area contributed by atoms with Gasteiger partial charge in [-0.2, -0.15) is 0 Å². The van der Waals surface area contributed by atoms with Crippen molar-refractivity contribution in [2.75, 3.05) is 13.1 Å². The maximum Gasteiger partial charge on any atom is -0.00487 e. The molecule has 0 bridgehead atoms. The highest BCUT2D eigenvalue weighted by Gasteiger charge is 2.16. The number of nitrogens with one attached hydrogen (secondary N) is 1. The fourth-order valence-corrected chi connectivity index (χ4v) is 2.68. The lowest BCUT2D eigenvalue weighted by Gasteiger charge is -2.25. The summed E-state index contributed by atoms with van der Waals surface area (Å²) < 4.78 is 0. The third-order valence-corrected chi connectivity index (χ3v) is 3.91. The van der Waals surface area contributed by atoms with Gasteiger partial charge in [0.05, 0.1) is 0 Å². The topological polar surface area (TPSA) is 12.0 Å². The van der Waals surface area contributed by atoms with Crippen LogP contribution in [0.2, 0.25) is 0 Å².